The van der Waals surface area contributed by atoms with E-state index >= 15 is 0 Å². The van der Waals surface area contributed by atoms with Crippen LogP contribution in [0.3, 0.4) is 0 Å². The van der Waals surface area contributed by atoms with Gasteiger partial charge in [-0.1, -0.05) is 137 Å². The molecule has 0 aliphatic carbocycles. The van der Waals surface area contributed by atoms with Gasteiger partial charge in [-0.2, -0.15) is 0 Å². The lowest BCUT2D eigenvalue weighted by atomic mass is 9.98. The lowest BCUT2D eigenvalue weighted by Crippen LogP contribution is -2.00. The normalized spacial score (nSPS) is 13.0. The van der Waals surface area contributed by atoms with Gasteiger partial charge in [0.15, 0.2) is 0 Å². The molecule has 9 aromatic carbocycles. The molecule has 0 aliphatic rings. The first-order valence-corrected chi connectivity index (χ1v) is 22.8. The molecule has 0 bridgehead atoms. The van der Waals surface area contributed by atoms with Crippen molar-refractivity contribution >= 4 is 120 Å². The molecule has 0 spiro atoms. The van der Waals surface area contributed by atoms with Gasteiger partial charge in [0.25, 0.3) is 0 Å². The first-order valence-electron chi connectivity index (χ1n) is 22.8. The Hall–Kier alpha value is -7.82. The highest BCUT2D eigenvalue weighted by atomic mass is 15.0. The summed E-state index contributed by atoms with van der Waals surface area (Å²) in [5.41, 5.74) is 17.8. The fraction of sp³-hybridized carbons (Fsp3) is 0.100. The third kappa shape index (κ3) is 4.06. The van der Waals surface area contributed by atoms with Crippen molar-refractivity contribution in [3.8, 4) is 11.4 Å². The number of hydrogen-bond donors (Lipinski definition) is 0. The van der Waals surface area contributed by atoms with Gasteiger partial charge in [0.1, 0.15) is 0 Å². The highest BCUT2D eigenvalue weighted by Crippen LogP contribution is 2.51. The fourth-order valence-electron chi connectivity index (χ4n) is 12.4. The zero-order valence-electron chi connectivity index (χ0n) is 36.1. The van der Waals surface area contributed by atoms with E-state index in [9.17, 15) is 0 Å². The van der Waals surface area contributed by atoms with E-state index in [1.54, 1.807) is 0 Å². The van der Waals surface area contributed by atoms with E-state index in [-0.39, 0.29) is 0 Å². The van der Waals surface area contributed by atoms with Gasteiger partial charge in [0.2, 0.25) is 0 Å². The van der Waals surface area contributed by atoms with Crippen LogP contribution < -0.4 is 0 Å². The average molecular weight is 819 g/mol. The number of benzene rings is 9. The van der Waals surface area contributed by atoms with E-state index < -0.39 is 0 Å². The number of fused-ring (bicyclic) bond motifs is 20. The molecule has 4 nitrogen and oxygen atoms in total. The fourth-order valence-corrected chi connectivity index (χ4v) is 12.4. The van der Waals surface area contributed by atoms with Gasteiger partial charge in [-0.25, -0.2) is 0 Å². The van der Waals surface area contributed by atoms with Crippen LogP contribution in [0.4, 0.5) is 0 Å². The summed E-state index contributed by atoms with van der Waals surface area (Å²) in [6.45, 7) is 9.25. The van der Waals surface area contributed by atoms with Gasteiger partial charge in [-0.15, -0.1) is 0 Å². The highest BCUT2D eigenvalue weighted by molar-refractivity contribution is 6.40. The number of para-hydroxylation sites is 6. The second-order valence-electron chi connectivity index (χ2n) is 18.8. The summed E-state index contributed by atoms with van der Waals surface area (Å²) in [5.74, 6) is 0.740. The summed E-state index contributed by atoms with van der Waals surface area (Å²) in [6, 6.07) is 64.3. The quantitative estimate of drug-likeness (QED) is 0.168. The summed E-state index contributed by atoms with van der Waals surface area (Å²) in [4.78, 5) is 0. The SMILES string of the molecule is CC(C)c1ccccc1-n1c2ccccc2c2c3c4cc5c6c7c8ccccc8n(-c8ccccc8C(C)C)c7cc7c8ccccc8n(c5cc4n4c5ccccc5c(cc21)c34)c76. The van der Waals surface area contributed by atoms with Crippen LogP contribution in [-0.2, 0) is 0 Å². The predicted octanol–water partition coefficient (Wildman–Crippen LogP) is 16.4. The minimum atomic E-state index is 0.370. The Labute approximate surface area is 368 Å². The Morgan fingerprint density at radius 2 is 0.656 bits per heavy atom. The van der Waals surface area contributed by atoms with Crippen LogP contribution in [0.25, 0.3) is 131 Å². The van der Waals surface area contributed by atoms with Gasteiger partial charge < -0.3 is 17.9 Å². The third-order valence-corrected chi connectivity index (χ3v) is 14.9. The van der Waals surface area contributed by atoms with E-state index in [1.807, 2.05) is 0 Å². The largest absolute Gasteiger partial charge is 0.309 e. The van der Waals surface area contributed by atoms with Crippen LogP contribution >= 0.6 is 0 Å². The molecule has 0 fully saturated rings. The van der Waals surface area contributed by atoms with E-state index in [1.165, 1.54) is 142 Å². The molecule has 0 amide bonds. The van der Waals surface area contributed by atoms with Crippen molar-refractivity contribution in [3.63, 3.8) is 0 Å². The van der Waals surface area contributed by atoms with E-state index in [4.69, 9.17) is 0 Å². The van der Waals surface area contributed by atoms with Crippen molar-refractivity contribution in [1.29, 1.82) is 0 Å². The predicted molar refractivity (Wildman–Crippen MR) is 273 cm³/mol. The smallest absolute Gasteiger partial charge is 0.0628 e. The van der Waals surface area contributed by atoms with Gasteiger partial charge >= 0.3 is 0 Å². The number of nitrogens with zero attached hydrogens (tertiary/aromatic N) is 4. The zero-order chi connectivity index (χ0) is 42.3. The van der Waals surface area contributed by atoms with Crippen LogP contribution in [0.15, 0.2) is 170 Å². The Balaban J connectivity index is 1.21. The minimum absolute atomic E-state index is 0.370. The molecule has 0 saturated carbocycles. The molecule has 4 heteroatoms. The van der Waals surface area contributed by atoms with Crippen molar-refractivity contribution in [3.05, 3.63) is 181 Å². The maximum absolute atomic E-state index is 2.58. The van der Waals surface area contributed by atoms with Crippen LogP contribution in [-0.4, -0.2) is 17.9 Å². The average Bonchev–Trinajstić information content (AvgIpc) is 4.15. The molecule has 0 saturated heterocycles. The molecule has 0 atom stereocenters. The van der Waals surface area contributed by atoms with E-state index in [2.05, 4.69) is 215 Å². The van der Waals surface area contributed by atoms with Crippen molar-refractivity contribution < 1.29 is 0 Å². The second kappa shape index (κ2) is 12.0. The van der Waals surface area contributed by atoms with Gasteiger partial charge in [0, 0.05) is 76.0 Å². The number of rotatable bonds is 4. The molecule has 6 aromatic heterocycles. The Bertz CT molecular complexity index is 4200. The first-order chi connectivity index (χ1) is 31.5. The molecule has 302 valence electrons. The Morgan fingerprint density at radius 1 is 0.281 bits per heavy atom. The highest BCUT2D eigenvalue weighted by Gasteiger charge is 2.29. The lowest BCUT2D eigenvalue weighted by Gasteiger charge is -2.16. The number of hydrogen-bond acceptors (Lipinski definition) is 0. The van der Waals surface area contributed by atoms with Gasteiger partial charge in [-0.05, 0) is 83.6 Å². The topological polar surface area (TPSA) is 18.7 Å². The summed E-state index contributed by atoms with van der Waals surface area (Å²) in [6.07, 6.45) is 0. The monoisotopic (exact) mass is 818 g/mol. The molecular formula is C60H42N4. The van der Waals surface area contributed by atoms with Crippen LogP contribution in [0.1, 0.15) is 50.7 Å². The van der Waals surface area contributed by atoms with E-state index in [0.29, 0.717) is 11.8 Å². The standard InChI is InChI=1S/C60H42N4/c1-33(2)35-17-5-11-23-45(35)61-49-27-15-9-21-39(49)55-53(61)30-41-37-19-7-13-25-47(37)63-51-32-52-44(29-43(51)57(55)59(41)63)58-56-40-22-10-16-28-50(40)62(46-24-12-6-18-36(46)34(3)4)54(56)31-42-38-20-8-14-26-48(38)64(52)60(42)58/h5-34H,1-4H3. The zero-order valence-corrected chi connectivity index (χ0v) is 36.1. The van der Waals surface area contributed by atoms with E-state index in [0.717, 1.165) is 0 Å². The van der Waals surface area contributed by atoms with Gasteiger partial charge in [-0.3, -0.25) is 0 Å². The lowest BCUT2D eigenvalue weighted by molar-refractivity contribution is 0.854. The summed E-state index contributed by atoms with van der Waals surface area (Å²) in [5, 5.41) is 15.6. The third-order valence-electron chi connectivity index (χ3n) is 14.9. The van der Waals surface area contributed by atoms with Crippen molar-refractivity contribution in [2.45, 2.75) is 39.5 Å². The Kier molecular flexibility index (Phi) is 6.51. The van der Waals surface area contributed by atoms with Crippen molar-refractivity contribution in [1.82, 2.24) is 17.9 Å². The number of aromatic nitrogens is 4. The molecule has 15 aromatic rings. The summed E-state index contributed by atoms with van der Waals surface area (Å²) < 4.78 is 10.3. The maximum atomic E-state index is 2.58. The molecule has 0 radical (unpaired) electrons. The molecule has 0 N–H and O–H groups in total. The molecule has 6 heterocycles. The molecular weight excluding hydrogens is 777 g/mol. The van der Waals surface area contributed by atoms with Gasteiger partial charge in [0.05, 0.1) is 55.2 Å². The minimum Gasteiger partial charge on any atom is -0.309 e. The van der Waals surface area contributed by atoms with Crippen LogP contribution in [0.5, 0.6) is 0 Å². The summed E-state index contributed by atoms with van der Waals surface area (Å²) >= 11 is 0. The van der Waals surface area contributed by atoms with Crippen LogP contribution in [0.2, 0.25) is 0 Å². The molecule has 0 aliphatic heterocycles. The summed E-state index contributed by atoms with van der Waals surface area (Å²) in [7, 11) is 0. The van der Waals surface area contributed by atoms with Crippen molar-refractivity contribution in [2.75, 3.05) is 0 Å². The maximum Gasteiger partial charge on any atom is 0.0628 e. The van der Waals surface area contributed by atoms with Crippen molar-refractivity contribution in [2.24, 2.45) is 0 Å². The Morgan fingerprint density at radius 3 is 1.09 bits per heavy atom. The second-order valence-corrected chi connectivity index (χ2v) is 18.8. The van der Waals surface area contributed by atoms with Crippen LogP contribution in [0, 0.1) is 0 Å². The molecule has 64 heavy (non-hydrogen) atoms. The molecule has 0 unspecified atom stereocenters. The molecule has 15 rings (SSSR count). The first kappa shape index (κ1) is 34.7.